The lowest BCUT2D eigenvalue weighted by molar-refractivity contribution is 0.520. The molecular weight excluding hydrogens is 217 g/mol. The molecule has 0 aliphatic heterocycles. The second kappa shape index (κ2) is 5.50. The minimum absolute atomic E-state index is 0.0694. The predicted octanol–water partition coefficient (Wildman–Crippen LogP) is 2.47. The van der Waals surface area contributed by atoms with Crippen LogP contribution in [0.5, 0.6) is 0 Å². The Morgan fingerprint density at radius 2 is 1.88 bits per heavy atom. The third kappa shape index (κ3) is 3.07. The standard InChI is InChI=1S/C13H14FN3/c1-10(11-5-2-3-6-12(11)14)17-9-13-15-7-4-8-16-13/h2-8,10,17H,9H2,1H3. The number of nitrogens with one attached hydrogen (secondary N) is 1. The van der Waals surface area contributed by atoms with Gasteiger partial charge in [0.15, 0.2) is 0 Å². The zero-order valence-electron chi connectivity index (χ0n) is 9.60. The molecule has 1 unspecified atom stereocenters. The van der Waals surface area contributed by atoms with Crippen molar-refractivity contribution >= 4 is 0 Å². The molecule has 4 heteroatoms. The molecule has 0 bridgehead atoms. The van der Waals surface area contributed by atoms with Gasteiger partial charge in [0.25, 0.3) is 0 Å². The fourth-order valence-corrected chi connectivity index (χ4v) is 1.60. The van der Waals surface area contributed by atoms with E-state index in [1.54, 1.807) is 30.6 Å². The van der Waals surface area contributed by atoms with Crippen LogP contribution in [0.15, 0.2) is 42.7 Å². The zero-order chi connectivity index (χ0) is 12.1. The Balaban J connectivity index is 1.99. The largest absolute Gasteiger partial charge is 0.303 e. The molecule has 1 aromatic carbocycles. The van der Waals surface area contributed by atoms with E-state index in [9.17, 15) is 4.39 Å². The summed E-state index contributed by atoms with van der Waals surface area (Å²) in [6.07, 6.45) is 3.38. The van der Waals surface area contributed by atoms with Gasteiger partial charge in [0.2, 0.25) is 0 Å². The number of benzene rings is 1. The molecular formula is C13H14FN3. The van der Waals surface area contributed by atoms with E-state index < -0.39 is 0 Å². The second-order valence-corrected chi connectivity index (χ2v) is 3.79. The lowest BCUT2D eigenvalue weighted by Gasteiger charge is -2.14. The molecule has 0 saturated carbocycles. The Morgan fingerprint density at radius 3 is 2.59 bits per heavy atom. The van der Waals surface area contributed by atoms with Gasteiger partial charge in [-0.15, -0.1) is 0 Å². The van der Waals surface area contributed by atoms with Crippen molar-refractivity contribution in [3.8, 4) is 0 Å². The van der Waals surface area contributed by atoms with Crippen LogP contribution in [0.4, 0.5) is 4.39 Å². The fourth-order valence-electron chi connectivity index (χ4n) is 1.60. The molecule has 2 aromatic rings. The molecule has 0 radical (unpaired) electrons. The molecule has 0 aliphatic carbocycles. The van der Waals surface area contributed by atoms with Crippen LogP contribution in [0.2, 0.25) is 0 Å². The van der Waals surface area contributed by atoms with Crippen LogP contribution in [0, 0.1) is 5.82 Å². The first-order chi connectivity index (χ1) is 8.27. The Morgan fingerprint density at radius 1 is 1.18 bits per heavy atom. The van der Waals surface area contributed by atoms with Crippen molar-refractivity contribution in [3.63, 3.8) is 0 Å². The molecule has 88 valence electrons. The summed E-state index contributed by atoms with van der Waals surface area (Å²) in [5.41, 5.74) is 0.656. The fraction of sp³-hybridized carbons (Fsp3) is 0.231. The molecule has 2 rings (SSSR count). The minimum atomic E-state index is -0.193. The third-order valence-corrected chi connectivity index (χ3v) is 2.56. The third-order valence-electron chi connectivity index (χ3n) is 2.56. The number of rotatable bonds is 4. The molecule has 0 fully saturated rings. The van der Waals surface area contributed by atoms with E-state index in [-0.39, 0.29) is 11.9 Å². The number of hydrogen-bond donors (Lipinski definition) is 1. The van der Waals surface area contributed by atoms with Gasteiger partial charge in [0, 0.05) is 24.0 Å². The maximum absolute atomic E-state index is 13.5. The second-order valence-electron chi connectivity index (χ2n) is 3.79. The highest BCUT2D eigenvalue weighted by atomic mass is 19.1. The molecule has 0 spiro atoms. The molecule has 1 aromatic heterocycles. The van der Waals surface area contributed by atoms with Gasteiger partial charge in [-0.05, 0) is 19.1 Å². The number of halogens is 1. The van der Waals surface area contributed by atoms with E-state index in [4.69, 9.17) is 0 Å². The first kappa shape index (κ1) is 11.7. The predicted molar refractivity (Wildman–Crippen MR) is 63.7 cm³/mol. The SMILES string of the molecule is CC(NCc1ncccn1)c1ccccc1F. The monoisotopic (exact) mass is 231 g/mol. The van der Waals surface area contributed by atoms with Crippen LogP contribution in [0.1, 0.15) is 24.4 Å². The summed E-state index contributed by atoms with van der Waals surface area (Å²) in [6, 6.07) is 8.46. The number of nitrogens with zero attached hydrogens (tertiary/aromatic N) is 2. The van der Waals surface area contributed by atoms with Crippen LogP contribution in [0.25, 0.3) is 0 Å². The molecule has 1 atom stereocenters. The lowest BCUT2D eigenvalue weighted by Crippen LogP contribution is -2.20. The number of hydrogen-bond acceptors (Lipinski definition) is 3. The van der Waals surface area contributed by atoms with Crippen molar-refractivity contribution in [2.24, 2.45) is 0 Å². The number of aromatic nitrogens is 2. The molecule has 0 saturated heterocycles. The lowest BCUT2D eigenvalue weighted by atomic mass is 10.1. The van der Waals surface area contributed by atoms with Gasteiger partial charge in [-0.25, -0.2) is 14.4 Å². The normalized spacial score (nSPS) is 12.4. The topological polar surface area (TPSA) is 37.8 Å². The van der Waals surface area contributed by atoms with Gasteiger partial charge in [0.1, 0.15) is 11.6 Å². The van der Waals surface area contributed by atoms with Crippen LogP contribution in [-0.2, 0) is 6.54 Å². The smallest absolute Gasteiger partial charge is 0.141 e. The Bertz CT molecular complexity index is 473. The summed E-state index contributed by atoms with van der Waals surface area (Å²) in [5, 5.41) is 3.19. The Hall–Kier alpha value is -1.81. The van der Waals surface area contributed by atoms with Gasteiger partial charge in [-0.1, -0.05) is 18.2 Å². The highest BCUT2D eigenvalue weighted by molar-refractivity contribution is 5.20. The summed E-state index contributed by atoms with van der Waals surface area (Å²) in [4.78, 5) is 8.20. The average molecular weight is 231 g/mol. The van der Waals surface area contributed by atoms with Crippen LogP contribution >= 0.6 is 0 Å². The molecule has 1 heterocycles. The minimum Gasteiger partial charge on any atom is -0.303 e. The summed E-state index contributed by atoms with van der Waals surface area (Å²) in [6.45, 7) is 2.44. The summed E-state index contributed by atoms with van der Waals surface area (Å²) < 4.78 is 13.5. The van der Waals surface area contributed by atoms with Crippen LogP contribution in [-0.4, -0.2) is 9.97 Å². The molecule has 3 nitrogen and oxygen atoms in total. The van der Waals surface area contributed by atoms with Gasteiger partial charge >= 0.3 is 0 Å². The summed E-state index contributed by atoms with van der Waals surface area (Å²) >= 11 is 0. The maximum Gasteiger partial charge on any atom is 0.141 e. The highest BCUT2D eigenvalue weighted by Gasteiger charge is 2.09. The quantitative estimate of drug-likeness (QED) is 0.878. The van der Waals surface area contributed by atoms with E-state index in [0.717, 1.165) is 0 Å². The van der Waals surface area contributed by atoms with Gasteiger partial charge in [-0.3, -0.25) is 0 Å². The van der Waals surface area contributed by atoms with Crippen molar-refractivity contribution in [1.82, 2.24) is 15.3 Å². The van der Waals surface area contributed by atoms with Gasteiger partial charge in [0.05, 0.1) is 6.54 Å². The van der Waals surface area contributed by atoms with Crippen molar-refractivity contribution in [2.75, 3.05) is 0 Å². The Labute approximate surface area is 99.7 Å². The molecule has 17 heavy (non-hydrogen) atoms. The van der Waals surface area contributed by atoms with Crippen molar-refractivity contribution in [1.29, 1.82) is 0 Å². The first-order valence-electron chi connectivity index (χ1n) is 5.51. The Kier molecular flexibility index (Phi) is 3.77. The first-order valence-corrected chi connectivity index (χ1v) is 5.51. The van der Waals surface area contributed by atoms with Gasteiger partial charge in [-0.2, -0.15) is 0 Å². The van der Waals surface area contributed by atoms with Crippen LogP contribution in [0.3, 0.4) is 0 Å². The zero-order valence-corrected chi connectivity index (χ0v) is 9.60. The highest BCUT2D eigenvalue weighted by Crippen LogP contribution is 2.15. The average Bonchev–Trinajstić information content (AvgIpc) is 2.38. The van der Waals surface area contributed by atoms with E-state index in [1.807, 2.05) is 13.0 Å². The maximum atomic E-state index is 13.5. The van der Waals surface area contributed by atoms with Crippen molar-refractivity contribution in [3.05, 3.63) is 59.9 Å². The van der Waals surface area contributed by atoms with Gasteiger partial charge < -0.3 is 5.32 Å². The summed E-state index contributed by atoms with van der Waals surface area (Å²) in [5.74, 6) is 0.511. The van der Waals surface area contributed by atoms with E-state index in [0.29, 0.717) is 17.9 Å². The van der Waals surface area contributed by atoms with E-state index in [1.165, 1.54) is 6.07 Å². The molecule has 0 amide bonds. The summed E-state index contributed by atoms with van der Waals surface area (Å²) in [7, 11) is 0. The van der Waals surface area contributed by atoms with Crippen molar-refractivity contribution < 1.29 is 4.39 Å². The van der Waals surface area contributed by atoms with Crippen molar-refractivity contribution in [2.45, 2.75) is 19.5 Å². The van der Waals surface area contributed by atoms with Crippen LogP contribution < -0.4 is 5.32 Å². The van der Waals surface area contributed by atoms with E-state index >= 15 is 0 Å². The molecule has 0 aliphatic rings. The molecule has 1 N–H and O–H groups in total. The van der Waals surface area contributed by atoms with E-state index in [2.05, 4.69) is 15.3 Å².